The Morgan fingerprint density at radius 1 is 1.14 bits per heavy atom. The standard InChI is InChI=1S/C26H27ClF3N3O2/c1-17-4-5-20(15-23(17)32-24(34)21(16-31)3-2-12-27)25(35)33-13-10-19(11-14-33)18-6-8-22(9-7-18)26(28,29)30/h2-9,15-16,19H,10-14,31H2,1H3,(H,32,34)/b3-2-,21-16+. The van der Waals surface area contributed by atoms with E-state index >= 15 is 0 Å². The topological polar surface area (TPSA) is 75.4 Å². The molecule has 2 aromatic rings. The highest BCUT2D eigenvalue weighted by molar-refractivity contribution is 6.19. The Hall–Kier alpha value is -3.26. The molecule has 1 heterocycles. The minimum absolute atomic E-state index is 0.0942. The lowest BCUT2D eigenvalue weighted by atomic mass is 9.88. The van der Waals surface area contributed by atoms with Crippen molar-refractivity contribution >= 4 is 29.1 Å². The highest BCUT2D eigenvalue weighted by atomic mass is 35.5. The molecule has 1 aliphatic heterocycles. The number of benzene rings is 2. The number of hydrogen-bond donors (Lipinski definition) is 2. The molecule has 0 radical (unpaired) electrons. The Kier molecular flexibility index (Phi) is 8.62. The van der Waals surface area contributed by atoms with Crippen molar-refractivity contribution in [1.29, 1.82) is 0 Å². The molecule has 2 aromatic carbocycles. The Labute approximate surface area is 207 Å². The van der Waals surface area contributed by atoms with Gasteiger partial charge in [-0.1, -0.05) is 30.4 Å². The van der Waals surface area contributed by atoms with Crippen molar-refractivity contribution in [2.45, 2.75) is 31.9 Å². The number of aryl methyl sites for hydroxylation is 1. The molecule has 3 rings (SSSR count). The Balaban J connectivity index is 1.65. The first kappa shape index (κ1) is 26.3. The fourth-order valence-electron chi connectivity index (χ4n) is 4.01. The van der Waals surface area contributed by atoms with Crippen molar-refractivity contribution in [2.75, 3.05) is 24.3 Å². The molecule has 0 saturated carbocycles. The second-order valence-electron chi connectivity index (χ2n) is 8.35. The molecule has 0 bridgehead atoms. The SMILES string of the molecule is Cc1ccc(C(=O)N2CCC(c3ccc(C(F)(F)F)cc3)CC2)cc1NC(=O)C(/C=C\CCl)=C/N. The lowest BCUT2D eigenvalue weighted by Gasteiger charge is -2.32. The van der Waals surface area contributed by atoms with Gasteiger partial charge in [-0.2, -0.15) is 13.2 Å². The van der Waals surface area contributed by atoms with Crippen molar-refractivity contribution in [3.8, 4) is 0 Å². The molecular formula is C26H27ClF3N3O2. The van der Waals surface area contributed by atoms with Gasteiger partial charge in [0.25, 0.3) is 11.8 Å². The summed E-state index contributed by atoms with van der Waals surface area (Å²) in [7, 11) is 0. The van der Waals surface area contributed by atoms with E-state index in [-0.39, 0.29) is 23.3 Å². The van der Waals surface area contributed by atoms with Crippen LogP contribution in [-0.4, -0.2) is 35.7 Å². The van der Waals surface area contributed by atoms with E-state index in [1.807, 2.05) is 6.92 Å². The second kappa shape index (κ2) is 11.4. The molecular weight excluding hydrogens is 479 g/mol. The van der Waals surface area contributed by atoms with E-state index < -0.39 is 17.6 Å². The summed E-state index contributed by atoms with van der Waals surface area (Å²) < 4.78 is 38.4. The number of allylic oxidation sites excluding steroid dienone is 1. The molecule has 9 heteroatoms. The van der Waals surface area contributed by atoms with Gasteiger partial charge in [0.05, 0.1) is 11.1 Å². The maximum Gasteiger partial charge on any atom is 0.416 e. The second-order valence-corrected chi connectivity index (χ2v) is 8.66. The highest BCUT2D eigenvalue weighted by Gasteiger charge is 2.31. The summed E-state index contributed by atoms with van der Waals surface area (Å²) in [5, 5.41) is 2.78. The number of anilines is 1. The maximum atomic E-state index is 13.1. The molecule has 1 saturated heterocycles. The molecule has 0 spiro atoms. The fraction of sp³-hybridized carbons (Fsp3) is 0.308. The van der Waals surface area contributed by atoms with Crippen molar-refractivity contribution in [2.24, 2.45) is 5.73 Å². The van der Waals surface area contributed by atoms with Crippen LogP contribution in [0.5, 0.6) is 0 Å². The van der Waals surface area contributed by atoms with E-state index in [2.05, 4.69) is 5.32 Å². The zero-order chi connectivity index (χ0) is 25.6. The molecule has 2 amide bonds. The fourth-order valence-corrected chi connectivity index (χ4v) is 4.09. The lowest BCUT2D eigenvalue weighted by molar-refractivity contribution is -0.137. The van der Waals surface area contributed by atoms with E-state index in [9.17, 15) is 22.8 Å². The first-order valence-corrected chi connectivity index (χ1v) is 11.7. The van der Waals surface area contributed by atoms with Gasteiger partial charge >= 0.3 is 6.18 Å². The highest BCUT2D eigenvalue weighted by Crippen LogP contribution is 2.33. The summed E-state index contributed by atoms with van der Waals surface area (Å²) in [4.78, 5) is 27.4. The molecule has 35 heavy (non-hydrogen) atoms. The number of nitrogens with zero attached hydrogens (tertiary/aromatic N) is 1. The Morgan fingerprint density at radius 2 is 1.80 bits per heavy atom. The van der Waals surface area contributed by atoms with Crippen molar-refractivity contribution < 1.29 is 22.8 Å². The van der Waals surface area contributed by atoms with Crippen LogP contribution in [0.1, 0.15) is 45.8 Å². The van der Waals surface area contributed by atoms with E-state index in [1.54, 1.807) is 29.2 Å². The molecule has 186 valence electrons. The first-order valence-electron chi connectivity index (χ1n) is 11.2. The van der Waals surface area contributed by atoms with Crippen LogP contribution in [0.3, 0.4) is 0 Å². The van der Waals surface area contributed by atoms with E-state index in [4.69, 9.17) is 17.3 Å². The van der Waals surface area contributed by atoms with Gasteiger partial charge in [-0.15, -0.1) is 11.6 Å². The number of halogens is 4. The average molecular weight is 506 g/mol. The molecule has 5 nitrogen and oxygen atoms in total. The van der Waals surface area contributed by atoms with Crippen molar-refractivity contribution in [1.82, 2.24) is 4.90 Å². The number of amides is 2. The molecule has 0 unspecified atom stereocenters. The monoisotopic (exact) mass is 505 g/mol. The van der Waals surface area contributed by atoms with E-state index in [0.29, 0.717) is 37.2 Å². The number of likely N-dealkylation sites (tertiary alicyclic amines) is 1. The third-order valence-electron chi connectivity index (χ3n) is 6.05. The van der Waals surface area contributed by atoms with Crippen LogP contribution >= 0.6 is 11.6 Å². The quantitative estimate of drug-likeness (QED) is 0.304. The first-order chi connectivity index (χ1) is 16.6. The molecule has 0 aromatic heterocycles. The predicted octanol–water partition coefficient (Wildman–Crippen LogP) is 5.61. The van der Waals surface area contributed by atoms with Crippen LogP contribution in [0, 0.1) is 6.92 Å². The molecule has 0 aliphatic carbocycles. The van der Waals surface area contributed by atoms with Gasteiger partial charge in [0.15, 0.2) is 0 Å². The molecule has 3 N–H and O–H groups in total. The van der Waals surface area contributed by atoms with Gasteiger partial charge in [0.2, 0.25) is 0 Å². The minimum atomic E-state index is -4.36. The van der Waals surface area contributed by atoms with Crippen LogP contribution in [0.25, 0.3) is 0 Å². The predicted molar refractivity (Wildman–Crippen MR) is 131 cm³/mol. The summed E-state index contributed by atoms with van der Waals surface area (Å²) in [6.07, 6.45) is 1.26. The van der Waals surface area contributed by atoms with Gasteiger partial charge in [-0.25, -0.2) is 0 Å². The number of carbonyl (C=O) groups excluding carboxylic acids is 2. The Bertz CT molecular complexity index is 1120. The molecule has 0 atom stereocenters. The van der Waals surface area contributed by atoms with Gasteiger partial charge in [-0.3, -0.25) is 9.59 Å². The van der Waals surface area contributed by atoms with Gasteiger partial charge in [-0.05, 0) is 61.1 Å². The summed E-state index contributed by atoms with van der Waals surface area (Å²) >= 11 is 5.62. The number of alkyl halides is 4. The Morgan fingerprint density at radius 3 is 2.37 bits per heavy atom. The van der Waals surface area contributed by atoms with Crippen LogP contribution < -0.4 is 11.1 Å². The summed E-state index contributed by atoms with van der Waals surface area (Å²) in [5.41, 5.74) is 7.68. The van der Waals surface area contributed by atoms with Crippen LogP contribution in [0.4, 0.5) is 18.9 Å². The lowest BCUT2D eigenvalue weighted by Crippen LogP contribution is -2.38. The minimum Gasteiger partial charge on any atom is -0.404 e. The van der Waals surface area contributed by atoms with Crippen molar-refractivity contribution in [3.63, 3.8) is 0 Å². The zero-order valence-electron chi connectivity index (χ0n) is 19.2. The van der Waals surface area contributed by atoms with E-state index in [1.165, 1.54) is 24.4 Å². The van der Waals surface area contributed by atoms with Gasteiger partial charge < -0.3 is 16.0 Å². The normalized spacial score (nSPS) is 15.5. The summed E-state index contributed by atoms with van der Waals surface area (Å²) in [6.45, 7) is 2.80. The average Bonchev–Trinajstić information content (AvgIpc) is 2.85. The third kappa shape index (κ3) is 6.66. The van der Waals surface area contributed by atoms with Crippen molar-refractivity contribution in [3.05, 3.63) is 88.6 Å². The molecule has 1 aliphatic rings. The number of nitrogens with two attached hydrogens (primary N) is 1. The zero-order valence-corrected chi connectivity index (χ0v) is 20.0. The number of carbonyl (C=O) groups is 2. The summed E-state index contributed by atoms with van der Waals surface area (Å²) in [6, 6.07) is 10.4. The van der Waals surface area contributed by atoms with Gasteiger partial charge in [0, 0.05) is 36.4 Å². The van der Waals surface area contributed by atoms with Crippen LogP contribution in [-0.2, 0) is 11.0 Å². The van der Waals surface area contributed by atoms with Crippen LogP contribution in [0.15, 0.2) is 66.4 Å². The largest absolute Gasteiger partial charge is 0.416 e. The number of nitrogens with one attached hydrogen (secondary N) is 1. The molecule has 1 fully saturated rings. The summed E-state index contributed by atoms with van der Waals surface area (Å²) in [5.74, 6) is -0.248. The van der Waals surface area contributed by atoms with Gasteiger partial charge in [0.1, 0.15) is 0 Å². The number of rotatable bonds is 6. The van der Waals surface area contributed by atoms with Crippen LogP contribution in [0.2, 0.25) is 0 Å². The number of hydrogen-bond acceptors (Lipinski definition) is 3. The maximum absolute atomic E-state index is 13.1. The smallest absolute Gasteiger partial charge is 0.404 e. The number of piperidine rings is 1. The van der Waals surface area contributed by atoms with E-state index in [0.717, 1.165) is 23.3 Å². The third-order valence-corrected chi connectivity index (χ3v) is 6.23.